The Labute approximate surface area is 168 Å². The molecule has 1 aromatic carbocycles. The van der Waals surface area contributed by atoms with Crippen LogP contribution in [0.3, 0.4) is 0 Å². The van der Waals surface area contributed by atoms with E-state index in [2.05, 4.69) is 11.4 Å². The lowest BCUT2D eigenvalue weighted by atomic mass is 10.1. The monoisotopic (exact) mass is 396 g/mol. The SMILES string of the molecule is C[C@H]1OCCN[C@@H]1C(=O)N(C)Cc1cn(-c2ccccc2)nc1-c1cccs1. The number of hydrogen-bond donors (Lipinski definition) is 1. The van der Waals surface area contributed by atoms with E-state index in [0.29, 0.717) is 19.7 Å². The number of carbonyl (C=O) groups excluding carboxylic acids is 1. The fourth-order valence-corrected chi connectivity index (χ4v) is 4.18. The van der Waals surface area contributed by atoms with Gasteiger partial charge in [-0.2, -0.15) is 5.10 Å². The maximum atomic E-state index is 12.9. The lowest BCUT2D eigenvalue weighted by Gasteiger charge is -2.32. The molecule has 3 aromatic rings. The molecule has 0 unspecified atom stereocenters. The van der Waals surface area contributed by atoms with E-state index in [-0.39, 0.29) is 18.1 Å². The first-order valence-corrected chi connectivity index (χ1v) is 10.3. The summed E-state index contributed by atoms with van der Waals surface area (Å²) >= 11 is 1.65. The predicted molar refractivity (Wildman–Crippen MR) is 111 cm³/mol. The molecule has 1 saturated heterocycles. The van der Waals surface area contributed by atoms with Crippen LogP contribution in [0.15, 0.2) is 54.0 Å². The van der Waals surface area contributed by atoms with E-state index in [1.165, 1.54) is 0 Å². The lowest BCUT2D eigenvalue weighted by molar-refractivity contribution is -0.138. The Hall–Kier alpha value is -2.48. The van der Waals surface area contributed by atoms with Crippen molar-refractivity contribution in [2.45, 2.75) is 25.6 Å². The number of carbonyl (C=O) groups is 1. The Morgan fingerprint density at radius 3 is 2.86 bits per heavy atom. The van der Waals surface area contributed by atoms with Crippen molar-refractivity contribution < 1.29 is 9.53 Å². The molecule has 0 radical (unpaired) electrons. The highest BCUT2D eigenvalue weighted by Gasteiger charge is 2.31. The molecule has 0 aliphatic carbocycles. The lowest BCUT2D eigenvalue weighted by Crippen LogP contribution is -2.55. The molecular weight excluding hydrogens is 372 g/mol. The number of nitrogens with zero attached hydrogens (tertiary/aromatic N) is 3. The van der Waals surface area contributed by atoms with Crippen LogP contribution in [0, 0.1) is 0 Å². The van der Waals surface area contributed by atoms with Crippen molar-refractivity contribution >= 4 is 17.2 Å². The van der Waals surface area contributed by atoms with Crippen LogP contribution in [0.2, 0.25) is 0 Å². The molecule has 1 aliphatic rings. The molecule has 3 heterocycles. The van der Waals surface area contributed by atoms with E-state index in [1.807, 2.05) is 66.6 Å². The van der Waals surface area contributed by atoms with Gasteiger partial charge in [0.15, 0.2) is 0 Å². The minimum absolute atomic E-state index is 0.0387. The van der Waals surface area contributed by atoms with Gasteiger partial charge in [-0.05, 0) is 30.5 Å². The highest BCUT2D eigenvalue weighted by Crippen LogP contribution is 2.28. The van der Waals surface area contributed by atoms with E-state index >= 15 is 0 Å². The first-order valence-electron chi connectivity index (χ1n) is 9.41. The van der Waals surface area contributed by atoms with Gasteiger partial charge in [-0.15, -0.1) is 11.3 Å². The molecule has 146 valence electrons. The van der Waals surface area contributed by atoms with Gasteiger partial charge in [-0.1, -0.05) is 24.3 Å². The summed E-state index contributed by atoms with van der Waals surface area (Å²) in [6.45, 7) is 3.76. The molecular formula is C21H24N4O2S. The molecule has 1 aliphatic heterocycles. The van der Waals surface area contributed by atoms with Crippen LogP contribution >= 0.6 is 11.3 Å². The Morgan fingerprint density at radius 1 is 1.32 bits per heavy atom. The van der Waals surface area contributed by atoms with E-state index in [0.717, 1.165) is 21.8 Å². The Balaban J connectivity index is 1.61. The maximum absolute atomic E-state index is 12.9. The van der Waals surface area contributed by atoms with Crippen molar-refractivity contribution in [3.63, 3.8) is 0 Å². The van der Waals surface area contributed by atoms with Gasteiger partial charge >= 0.3 is 0 Å². The zero-order valence-electron chi connectivity index (χ0n) is 16.0. The second kappa shape index (κ2) is 8.26. The van der Waals surface area contributed by atoms with Gasteiger partial charge in [0, 0.05) is 31.9 Å². The Kier molecular flexibility index (Phi) is 5.57. The predicted octanol–water partition coefficient (Wildman–Crippen LogP) is 2.94. The fourth-order valence-electron chi connectivity index (χ4n) is 3.44. The second-order valence-corrected chi connectivity index (χ2v) is 7.91. The molecule has 28 heavy (non-hydrogen) atoms. The molecule has 0 bridgehead atoms. The third-order valence-electron chi connectivity index (χ3n) is 4.93. The standard InChI is InChI=1S/C21H24N4O2S/c1-15-19(22-10-11-27-15)21(26)24(2)13-16-14-25(17-7-4-3-5-8-17)23-20(16)18-9-6-12-28-18/h3-9,12,14-15,19,22H,10-11,13H2,1-2H3/t15-,19+/m1/s1. The highest BCUT2D eigenvalue weighted by molar-refractivity contribution is 7.13. The van der Waals surface area contributed by atoms with Gasteiger partial charge in [0.25, 0.3) is 0 Å². The Morgan fingerprint density at radius 2 is 2.14 bits per heavy atom. The third-order valence-corrected chi connectivity index (χ3v) is 5.81. The minimum atomic E-state index is -0.312. The summed E-state index contributed by atoms with van der Waals surface area (Å²) in [5, 5.41) is 10.1. The summed E-state index contributed by atoms with van der Waals surface area (Å²) < 4.78 is 7.51. The summed E-state index contributed by atoms with van der Waals surface area (Å²) in [6, 6.07) is 13.8. The molecule has 1 fully saturated rings. The summed E-state index contributed by atoms with van der Waals surface area (Å²) in [7, 11) is 1.84. The molecule has 4 rings (SSSR count). The number of amides is 1. The quantitative estimate of drug-likeness (QED) is 0.720. The molecule has 2 aromatic heterocycles. The van der Waals surface area contributed by atoms with Gasteiger partial charge in [-0.3, -0.25) is 4.79 Å². The molecule has 0 saturated carbocycles. The van der Waals surface area contributed by atoms with Gasteiger partial charge in [-0.25, -0.2) is 4.68 Å². The number of rotatable bonds is 5. The number of likely N-dealkylation sites (N-methyl/N-ethyl adjacent to an activating group) is 1. The molecule has 2 atom stereocenters. The number of aromatic nitrogens is 2. The summed E-state index contributed by atoms with van der Waals surface area (Å²) in [5.74, 6) is 0.0387. The van der Waals surface area contributed by atoms with Crippen LogP contribution in [-0.2, 0) is 16.1 Å². The number of ether oxygens (including phenoxy) is 1. The largest absolute Gasteiger partial charge is 0.375 e. The van der Waals surface area contributed by atoms with Gasteiger partial charge < -0.3 is 15.0 Å². The smallest absolute Gasteiger partial charge is 0.242 e. The molecule has 6 nitrogen and oxygen atoms in total. The van der Waals surface area contributed by atoms with Crippen molar-refractivity contribution in [2.24, 2.45) is 0 Å². The van der Waals surface area contributed by atoms with Crippen molar-refractivity contribution in [1.29, 1.82) is 0 Å². The van der Waals surface area contributed by atoms with Crippen LogP contribution in [0.25, 0.3) is 16.3 Å². The second-order valence-electron chi connectivity index (χ2n) is 6.96. The summed E-state index contributed by atoms with van der Waals surface area (Å²) in [6.07, 6.45) is 1.88. The number of nitrogens with one attached hydrogen (secondary N) is 1. The highest BCUT2D eigenvalue weighted by atomic mass is 32.1. The van der Waals surface area contributed by atoms with Crippen LogP contribution < -0.4 is 5.32 Å². The van der Waals surface area contributed by atoms with Gasteiger partial charge in [0.1, 0.15) is 11.7 Å². The molecule has 7 heteroatoms. The average molecular weight is 397 g/mol. The van der Waals surface area contributed by atoms with E-state index in [4.69, 9.17) is 9.84 Å². The normalized spacial score (nSPS) is 19.5. The van der Waals surface area contributed by atoms with E-state index in [9.17, 15) is 4.79 Å². The number of hydrogen-bond acceptors (Lipinski definition) is 5. The van der Waals surface area contributed by atoms with Crippen molar-refractivity contribution in [1.82, 2.24) is 20.0 Å². The van der Waals surface area contributed by atoms with Crippen LogP contribution in [0.5, 0.6) is 0 Å². The van der Waals surface area contributed by atoms with E-state index < -0.39 is 0 Å². The minimum Gasteiger partial charge on any atom is -0.375 e. The Bertz CT molecular complexity index is 923. The van der Waals surface area contributed by atoms with Crippen LogP contribution in [-0.4, -0.2) is 52.9 Å². The van der Waals surface area contributed by atoms with E-state index in [1.54, 1.807) is 16.2 Å². The number of morpholine rings is 1. The van der Waals surface area contributed by atoms with Crippen molar-refractivity contribution in [3.05, 3.63) is 59.6 Å². The molecule has 1 amide bonds. The fraction of sp³-hybridized carbons (Fsp3) is 0.333. The average Bonchev–Trinajstić information content (AvgIpc) is 3.38. The number of para-hydroxylation sites is 1. The number of benzene rings is 1. The molecule has 0 spiro atoms. The van der Waals surface area contributed by atoms with Crippen molar-refractivity contribution in [2.75, 3.05) is 20.2 Å². The summed E-state index contributed by atoms with van der Waals surface area (Å²) in [5.41, 5.74) is 2.93. The topological polar surface area (TPSA) is 59.4 Å². The zero-order chi connectivity index (χ0) is 19.5. The van der Waals surface area contributed by atoms with Crippen LogP contribution in [0.4, 0.5) is 0 Å². The summed E-state index contributed by atoms with van der Waals surface area (Å²) in [4.78, 5) is 15.8. The van der Waals surface area contributed by atoms with Gasteiger partial charge in [0.05, 0.1) is 23.3 Å². The first-order chi connectivity index (χ1) is 13.6. The third kappa shape index (κ3) is 3.87. The number of thiophene rings is 1. The zero-order valence-corrected chi connectivity index (χ0v) is 16.9. The van der Waals surface area contributed by atoms with Crippen LogP contribution in [0.1, 0.15) is 12.5 Å². The maximum Gasteiger partial charge on any atom is 0.242 e. The first kappa shape index (κ1) is 18.9. The van der Waals surface area contributed by atoms with Crippen molar-refractivity contribution in [3.8, 4) is 16.3 Å². The molecule has 1 N–H and O–H groups in total. The van der Waals surface area contributed by atoms with Gasteiger partial charge in [0.2, 0.25) is 5.91 Å².